The molecule has 1 aromatic carbocycles. The third-order valence-corrected chi connectivity index (χ3v) is 4.58. The van der Waals surface area contributed by atoms with E-state index in [0.29, 0.717) is 39.0 Å². The van der Waals surface area contributed by atoms with Crippen molar-refractivity contribution in [2.45, 2.75) is 25.9 Å². The smallest absolute Gasteiger partial charge is 0.224 e. The zero-order valence-corrected chi connectivity index (χ0v) is 14.9. The highest BCUT2D eigenvalue weighted by Crippen LogP contribution is 2.21. The van der Waals surface area contributed by atoms with Gasteiger partial charge in [-0.3, -0.25) is 14.3 Å². The number of carbonyl (C=O) groups is 2. The lowest BCUT2D eigenvalue weighted by Crippen LogP contribution is -2.45. The molecule has 1 aliphatic heterocycles. The molecule has 0 spiro atoms. The maximum Gasteiger partial charge on any atom is 0.224 e. The molecule has 1 N–H and O–H groups in total. The summed E-state index contributed by atoms with van der Waals surface area (Å²) in [5.41, 5.74) is 0.998. The van der Waals surface area contributed by atoms with Crippen LogP contribution in [0.3, 0.4) is 0 Å². The van der Waals surface area contributed by atoms with Crippen molar-refractivity contribution in [3.05, 3.63) is 48.3 Å². The molecule has 1 aliphatic rings. The van der Waals surface area contributed by atoms with E-state index in [-0.39, 0.29) is 17.7 Å². The van der Waals surface area contributed by atoms with Crippen LogP contribution in [0.4, 0.5) is 0 Å². The molecule has 138 valence electrons. The lowest BCUT2D eigenvalue weighted by atomic mass is 9.96. The first-order valence-corrected chi connectivity index (χ1v) is 8.81. The van der Waals surface area contributed by atoms with Crippen LogP contribution in [0.2, 0.25) is 0 Å². The lowest BCUT2D eigenvalue weighted by molar-refractivity contribution is -0.138. The van der Waals surface area contributed by atoms with Crippen molar-refractivity contribution in [3.63, 3.8) is 0 Å². The number of nitrogens with zero attached hydrogens (tertiary/aromatic N) is 3. The number of hydrogen-bond donors (Lipinski definition) is 1. The van der Waals surface area contributed by atoms with Crippen LogP contribution >= 0.6 is 0 Å². The van der Waals surface area contributed by atoms with Crippen LogP contribution in [0.25, 0.3) is 0 Å². The molecule has 2 amide bonds. The van der Waals surface area contributed by atoms with Gasteiger partial charge in [0.2, 0.25) is 11.8 Å². The lowest BCUT2D eigenvalue weighted by Gasteiger charge is -2.32. The first-order chi connectivity index (χ1) is 12.7. The quantitative estimate of drug-likeness (QED) is 0.815. The standard InChI is InChI=1S/C19H24N4O3/c1-26-17-5-2-4-15(12-17)13-22-14-16(6-7-18(22)24)19(25)20-9-11-23-10-3-8-21-23/h2-5,8,10,12,16H,6-7,9,11,13-14H2,1H3,(H,20,25)/t16-/m0/s1. The monoisotopic (exact) mass is 356 g/mol. The van der Waals surface area contributed by atoms with Crippen LogP contribution in [0.5, 0.6) is 5.75 Å². The second-order valence-electron chi connectivity index (χ2n) is 6.42. The Balaban J connectivity index is 1.53. The molecule has 0 radical (unpaired) electrons. The minimum Gasteiger partial charge on any atom is -0.497 e. The summed E-state index contributed by atoms with van der Waals surface area (Å²) in [6.45, 7) is 2.11. The van der Waals surface area contributed by atoms with Crippen molar-refractivity contribution in [2.75, 3.05) is 20.2 Å². The van der Waals surface area contributed by atoms with E-state index in [0.717, 1.165) is 11.3 Å². The van der Waals surface area contributed by atoms with E-state index in [1.165, 1.54) is 0 Å². The van der Waals surface area contributed by atoms with Crippen LogP contribution < -0.4 is 10.1 Å². The number of rotatable bonds is 7. The van der Waals surface area contributed by atoms with E-state index in [9.17, 15) is 9.59 Å². The molecule has 0 saturated carbocycles. The number of hydrogen-bond acceptors (Lipinski definition) is 4. The number of ether oxygens (including phenoxy) is 1. The van der Waals surface area contributed by atoms with Crippen LogP contribution in [0, 0.1) is 5.92 Å². The first-order valence-electron chi connectivity index (χ1n) is 8.81. The number of benzene rings is 1. The number of piperidine rings is 1. The van der Waals surface area contributed by atoms with E-state index in [2.05, 4.69) is 10.4 Å². The third kappa shape index (κ3) is 4.62. The average Bonchev–Trinajstić information content (AvgIpc) is 3.17. The number of carbonyl (C=O) groups excluding carboxylic acids is 2. The van der Waals surface area contributed by atoms with Crippen LogP contribution in [-0.2, 0) is 22.7 Å². The molecule has 0 unspecified atom stereocenters. The minimum absolute atomic E-state index is 0.000276. The Morgan fingerprint density at radius 2 is 2.27 bits per heavy atom. The van der Waals surface area contributed by atoms with Gasteiger partial charge in [0.1, 0.15) is 5.75 Å². The van der Waals surface area contributed by atoms with Gasteiger partial charge >= 0.3 is 0 Å². The fraction of sp³-hybridized carbons (Fsp3) is 0.421. The van der Waals surface area contributed by atoms with Gasteiger partial charge in [-0.05, 0) is 30.2 Å². The fourth-order valence-corrected chi connectivity index (χ4v) is 3.14. The third-order valence-electron chi connectivity index (χ3n) is 4.58. The highest BCUT2D eigenvalue weighted by molar-refractivity contribution is 5.83. The number of aromatic nitrogens is 2. The zero-order valence-electron chi connectivity index (χ0n) is 14.9. The van der Waals surface area contributed by atoms with Gasteiger partial charge in [-0.15, -0.1) is 0 Å². The van der Waals surface area contributed by atoms with E-state index in [4.69, 9.17) is 4.74 Å². The zero-order chi connectivity index (χ0) is 18.4. The predicted octanol–water partition coefficient (Wildman–Crippen LogP) is 1.45. The normalized spacial score (nSPS) is 17.2. The van der Waals surface area contributed by atoms with Gasteiger partial charge in [-0.25, -0.2) is 0 Å². The van der Waals surface area contributed by atoms with Crippen molar-refractivity contribution in [3.8, 4) is 5.75 Å². The van der Waals surface area contributed by atoms with E-state index >= 15 is 0 Å². The summed E-state index contributed by atoms with van der Waals surface area (Å²) in [7, 11) is 1.62. The molecule has 1 aromatic heterocycles. The number of nitrogens with one attached hydrogen (secondary N) is 1. The Kier molecular flexibility index (Phi) is 5.88. The molecule has 1 atom stereocenters. The Labute approximate surface area is 152 Å². The van der Waals surface area contributed by atoms with E-state index < -0.39 is 0 Å². The molecule has 2 heterocycles. The Bertz CT molecular complexity index is 745. The van der Waals surface area contributed by atoms with Crippen molar-refractivity contribution >= 4 is 11.8 Å². The summed E-state index contributed by atoms with van der Waals surface area (Å²) in [5, 5.41) is 7.06. The number of likely N-dealkylation sites (tertiary alicyclic amines) is 1. The number of methoxy groups -OCH3 is 1. The molecule has 0 aliphatic carbocycles. The molecule has 7 heteroatoms. The number of amides is 2. The molecule has 0 bridgehead atoms. The van der Waals surface area contributed by atoms with Gasteiger partial charge < -0.3 is 15.0 Å². The van der Waals surface area contributed by atoms with Crippen molar-refractivity contribution < 1.29 is 14.3 Å². The van der Waals surface area contributed by atoms with Crippen molar-refractivity contribution in [1.29, 1.82) is 0 Å². The van der Waals surface area contributed by atoms with E-state index in [1.807, 2.05) is 36.5 Å². The molecular weight excluding hydrogens is 332 g/mol. The van der Waals surface area contributed by atoms with Gasteiger partial charge in [0.15, 0.2) is 0 Å². The Morgan fingerprint density at radius 3 is 3.04 bits per heavy atom. The largest absolute Gasteiger partial charge is 0.497 e. The molecule has 7 nitrogen and oxygen atoms in total. The Morgan fingerprint density at radius 1 is 1.38 bits per heavy atom. The SMILES string of the molecule is COc1cccc(CN2C[C@@H](C(=O)NCCn3cccn3)CCC2=O)c1. The molecule has 1 fully saturated rings. The van der Waals surface area contributed by atoms with Crippen LogP contribution in [-0.4, -0.2) is 46.7 Å². The summed E-state index contributed by atoms with van der Waals surface area (Å²) in [6, 6.07) is 9.51. The average molecular weight is 356 g/mol. The predicted molar refractivity (Wildman–Crippen MR) is 96.4 cm³/mol. The molecular formula is C19H24N4O3. The highest BCUT2D eigenvalue weighted by atomic mass is 16.5. The summed E-state index contributed by atoms with van der Waals surface area (Å²) >= 11 is 0. The van der Waals surface area contributed by atoms with Crippen molar-refractivity contribution in [2.24, 2.45) is 5.92 Å². The van der Waals surface area contributed by atoms with Gasteiger partial charge in [-0.2, -0.15) is 5.10 Å². The minimum atomic E-state index is -0.170. The summed E-state index contributed by atoms with van der Waals surface area (Å²) in [6.07, 6.45) is 4.58. The van der Waals surface area contributed by atoms with Gasteiger partial charge in [-0.1, -0.05) is 12.1 Å². The first kappa shape index (κ1) is 18.0. The second-order valence-corrected chi connectivity index (χ2v) is 6.42. The van der Waals surface area contributed by atoms with Gasteiger partial charge in [0.25, 0.3) is 0 Å². The molecule has 2 aromatic rings. The summed E-state index contributed by atoms with van der Waals surface area (Å²) in [5.74, 6) is 0.685. The molecule has 3 rings (SSSR count). The Hall–Kier alpha value is -2.83. The maximum absolute atomic E-state index is 12.4. The van der Waals surface area contributed by atoms with Crippen LogP contribution in [0.1, 0.15) is 18.4 Å². The highest BCUT2D eigenvalue weighted by Gasteiger charge is 2.30. The van der Waals surface area contributed by atoms with E-state index in [1.54, 1.807) is 22.9 Å². The van der Waals surface area contributed by atoms with Crippen LogP contribution in [0.15, 0.2) is 42.7 Å². The summed E-state index contributed by atoms with van der Waals surface area (Å²) < 4.78 is 7.01. The fourth-order valence-electron chi connectivity index (χ4n) is 3.14. The second kappa shape index (κ2) is 8.51. The van der Waals surface area contributed by atoms with Crippen molar-refractivity contribution in [1.82, 2.24) is 20.0 Å². The van der Waals surface area contributed by atoms with Gasteiger partial charge in [0.05, 0.1) is 19.6 Å². The van der Waals surface area contributed by atoms with Gasteiger partial charge in [0, 0.05) is 38.4 Å². The topological polar surface area (TPSA) is 76.5 Å². The summed E-state index contributed by atoms with van der Waals surface area (Å²) in [4.78, 5) is 26.4. The maximum atomic E-state index is 12.4. The molecule has 26 heavy (non-hydrogen) atoms. The molecule has 1 saturated heterocycles.